The number of amides is 2. The Balaban J connectivity index is 1.68. The van der Waals surface area contributed by atoms with E-state index < -0.39 is 6.04 Å². The van der Waals surface area contributed by atoms with E-state index in [4.69, 9.17) is 16.3 Å². The van der Waals surface area contributed by atoms with E-state index in [1.54, 1.807) is 40.9 Å². The quantitative estimate of drug-likeness (QED) is 0.789. The van der Waals surface area contributed by atoms with Crippen LogP contribution in [0.3, 0.4) is 0 Å². The average molecular weight is 405 g/mol. The zero-order valence-electron chi connectivity index (χ0n) is 15.0. The zero-order chi connectivity index (χ0) is 19.2. The highest BCUT2D eigenvalue weighted by Crippen LogP contribution is 2.25. The SMILES string of the molecule is CCOCc1cccc(NC(=O)C2CSCN2C(=O)c2ccc(Cl)cc2)c1. The van der Waals surface area contributed by atoms with E-state index in [1.165, 1.54) is 0 Å². The number of thioether (sulfide) groups is 1. The average Bonchev–Trinajstić information content (AvgIpc) is 3.17. The summed E-state index contributed by atoms with van der Waals surface area (Å²) in [5.41, 5.74) is 2.22. The van der Waals surface area contributed by atoms with Gasteiger partial charge in [-0.15, -0.1) is 11.8 Å². The molecule has 142 valence electrons. The number of hydrogen-bond acceptors (Lipinski definition) is 4. The van der Waals surface area contributed by atoms with E-state index in [0.717, 1.165) is 5.56 Å². The molecule has 0 aromatic heterocycles. The van der Waals surface area contributed by atoms with Gasteiger partial charge in [0.25, 0.3) is 5.91 Å². The molecule has 1 heterocycles. The van der Waals surface area contributed by atoms with Gasteiger partial charge in [-0.2, -0.15) is 0 Å². The minimum Gasteiger partial charge on any atom is -0.377 e. The van der Waals surface area contributed by atoms with Crippen LogP contribution in [-0.2, 0) is 16.1 Å². The van der Waals surface area contributed by atoms with Crippen molar-refractivity contribution in [3.63, 3.8) is 0 Å². The van der Waals surface area contributed by atoms with E-state index in [0.29, 0.717) is 41.1 Å². The van der Waals surface area contributed by atoms with Gasteiger partial charge < -0.3 is 15.0 Å². The van der Waals surface area contributed by atoms with Gasteiger partial charge in [-0.25, -0.2) is 0 Å². The predicted molar refractivity (Wildman–Crippen MR) is 109 cm³/mol. The van der Waals surface area contributed by atoms with Gasteiger partial charge in [-0.3, -0.25) is 9.59 Å². The van der Waals surface area contributed by atoms with Crippen LogP contribution in [0.1, 0.15) is 22.8 Å². The predicted octanol–water partition coefficient (Wildman–Crippen LogP) is 4.03. The minimum absolute atomic E-state index is 0.165. The van der Waals surface area contributed by atoms with Crippen LogP contribution in [0.15, 0.2) is 48.5 Å². The van der Waals surface area contributed by atoms with Gasteiger partial charge in [0.1, 0.15) is 6.04 Å². The second kappa shape index (κ2) is 9.26. The first kappa shape index (κ1) is 19.7. The number of nitrogens with one attached hydrogen (secondary N) is 1. The van der Waals surface area contributed by atoms with Gasteiger partial charge in [-0.1, -0.05) is 23.7 Å². The van der Waals surface area contributed by atoms with E-state index in [2.05, 4.69) is 5.32 Å². The van der Waals surface area contributed by atoms with Crippen LogP contribution < -0.4 is 5.32 Å². The lowest BCUT2D eigenvalue weighted by Gasteiger charge is -2.23. The lowest BCUT2D eigenvalue weighted by atomic mass is 10.1. The molecule has 0 saturated carbocycles. The topological polar surface area (TPSA) is 58.6 Å². The number of halogens is 1. The Morgan fingerprint density at radius 1 is 1.26 bits per heavy atom. The normalized spacial score (nSPS) is 16.4. The van der Waals surface area contributed by atoms with Crippen LogP contribution in [-0.4, -0.2) is 41.0 Å². The van der Waals surface area contributed by atoms with Gasteiger partial charge in [-0.05, 0) is 48.9 Å². The molecule has 7 heteroatoms. The van der Waals surface area contributed by atoms with E-state index in [-0.39, 0.29) is 11.8 Å². The number of carbonyl (C=O) groups excluding carboxylic acids is 2. The first-order chi connectivity index (χ1) is 13.1. The number of carbonyl (C=O) groups is 2. The maximum absolute atomic E-state index is 12.8. The molecule has 0 spiro atoms. The molecule has 1 saturated heterocycles. The number of ether oxygens (including phenoxy) is 1. The molecule has 0 bridgehead atoms. The van der Waals surface area contributed by atoms with Gasteiger partial charge >= 0.3 is 0 Å². The lowest BCUT2D eigenvalue weighted by Crippen LogP contribution is -2.44. The van der Waals surface area contributed by atoms with Gasteiger partial charge in [0, 0.05) is 28.6 Å². The number of rotatable bonds is 6. The maximum atomic E-state index is 12.8. The Morgan fingerprint density at radius 2 is 2.04 bits per heavy atom. The molecule has 2 aromatic rings. The van der Waals surface area contributed by atoms with Gasteiger partial charge in [0.2, 0.25) is 5.91 Å². The number of anilines is 1. The molecule has 1 N–H and O–H groups in total. The monoisotopic (exact) mass is 404 g/mol. The van der Waals surface area contributed by atoms with E-state index >= 15 is 0 Å². The first-order valence-electron chi connectivity index (χ1n) is 8.70. The number of nitrogens with zero attached hydrogens (tertiary/aromatic N) is 1. The minimum atomic E-state index is -0.506. The molecule has 0 aliphatic carbocycles. The fraction of sp³-hybridized carbons (Fsp3) is 0.300. The molecule has 1 unspecified atom stereocenters. The van der Waals surface area contributed by atoms with Crippen LogP contribution >= 0.6 is 23.4 Å². The fourth-order valence-corrected chi connectivity index (χ4v) is 4.08. The van der Waals surface area contributed by atoms with Crippen molar-refractivity contribution in [1.82, 2.24) is 4.90 Å². The van der Waals surface area contributed by atoms with Crippen molar-refractivity contribution in [2.45, 2.75) is 19.6 Å². The third kappa shape index (κ3) is 5.03. The van der Waals surface area contributed by atoms with Crippen molar-refractivity contribution in [3.8, 4) is 0 Å². The molecule has 1 aliphatic heterocycles. The van der Waals surface area contributed by atoms with Crippen LogP contribution in [0.5, 0.6) is 0 Å². The molecular formula is C20H21ClN2O3S. The van der Waals surface area contributed by atoms with Gasteiger partial charge in [0.15, 0.2) is 0 Å². The highest BCUT2D eigenvalue weighted by atomic mass is 35.5. The fourth-order valence-electron chi connectivity index (χ4n) is 2.80. The van der Waals surface area contributed by atoms with Gasteiger partial charge in [0.05, 0.1) is 12.5 Å². The third-order valence-electron chi connectivity index (χ3n) is 4.20. The number of hydrogen-bond donors (Lipinski definition) is 1. The Kier molecular flexibility index (Phi) is 6.77. The second-order valence-corrected chi connectivity index (χ2v) is 7.56. The Bertz CT molecular complexity index is 813. The van der Waals surface area contributed by atoms with E-state index in [1.807, 2.05) is 31.2 Å². The summed E-state index contributed by atoms with van der Waals surface area (Å²) in [6.45, 7) is 3.08. The molecule has 1 atom stereocenters. The summed E-state index contributed by atoms with van der Waals surface area (Å²) in [6.07, 6.45) is 0. The zero-order valence-corrected chi connectivity index (χ0v) is 16.6. The summed E-state index contributed by atoms with van der Waals surface area (Å²) in [6, 6.07) is 13.8. The van der Waals surface area contributed by atoms with Crippen molar-refractivity contribution >= 4 is 40.9 Å². The molecule has 1 aliphatic rings. The molecule has 5 nitrogen and oxygen atoms in total. The summed E-state index contributed by atoms with van der Waals surface area (Å²) >= 11 is 7.46. The third-order valence-corrected chi connectivity index (χ3v) is 5.47. The Hall–Kier alpha value is -2.02. The summed E-state index contributed by atoms with van der Waals surface area (Å²) in [7, 11) is 0. The number of benzene rings is 2. The molecule has 27 heavy (non-hydrogen) atoms. The highest BCUT2D eigenvalue weighted by Gasteiger charge is 2.35. The molecule has 3 rings (SSSR count). The molecule has 2 aromatic carbocycles. The van der Waals surface area contributed by atoms with Crippen molar-refractivity contribution in [1.29, 1.82) is 0 Å². The molecule has 0 radical (unpaired) electrons. The standard InChI is InChI=1S/C20H21ClN2O3S/c1-2-26-11-14-4-3-5-17(10-14)22-19(24)18-12-27-13-23(18)20(25)15-6-8-16(21)9-7-15/h3-10,18H,2,11-13H2,1H3,(H,22,24). The Morgan fingerprint density at radius 3 is 2.78 bits per heavy atom. The summed E-state index contributed by atoms with van der Waals surface area (Å²) in [5.74, 6) is 0.714. The second-order valence-electron chi connectivity index (χ2n) is 6.12. The summed E-state index contributed by atoms with van der Waals surface area (Å²) in [4.78, 5) is 27.1. The van der Waals surface area contributed by atoms with Crippen molar-refractivity contribution in [3.05, 3.63) is 64.7 Å². The summed E-state index contributed by atoms with van der Waals surface area (Å²) in [5, 5.41) is 3.50. The lowest BCUT2D eigenvalue weighted by molar-refractivity contribution is -0.119. The van der Waals surface area contributed by atoms with Crippen LogP contribution in [0, 0.1) is 0 Å². The smallest absolute Gasteiger partial charge is 0.255 e. The van der Waals surface area contributed by atoms with Crippen LogP contribution in [0.4, 0.5) is 5.69 Å². The maximum Gasteiger partial charge on any atom is 0.255 e. The summed E-state index contributed by atoms with van der Waals surface area (Å²) < 4.78 is 5.41. The van der Waals surface area contributed by atoms with Crippen molar-refractivity contribution in [2.24, 2.45) is 0 Å². The van der Waals surface area contributed by atoms with Crippen LogP contribution in [0.2, 0.25) is 5.02 Å². The van der Waals surface area contributed by atoms with Crippen LogP contribution in [0.25, 0.3) is 0 Å². The Labute approximate surface area is 168 Å². The largest absolute Gasteiger partial charge is 0.377 e. The van der Waals surface area contributed by atoms with Crippen molar-refractivity contribution < 1.29 is 14.3 Å². The van der Waals surface area contributed by atoms with E-state index in [9.17, 15) is 9.59 Å². The highest BCUT2D eigenvalue weighted by molar-refractivity contribution is 7.99. The molecule has 1 fully saturated rings. The first-order valence-corrected chi connectivity index (χ1v) is 10.2. The molecule has 2 amide bonds. The molecular weight excluding hydrogens is 384 g/mol. The van der Waals surface area contributed by atoms with Crippen molar-refractivity contribution in [2.75, 3.05) is 23.6 Å².